The molecule has 3 heteroatoms. The highest BCUT2D eigenvalue weighted by molar-refractivity contribution is 5.84. The smallest absolute Gasteiger partial charge is 0.166 e. The van der Waals surface area contributed by atoms with Gasteiger partial charge in [-0.3, -0.25) is 0 Å². The first-order valence-electron chi connectivity index (χ1n) is 8.56. The van der Waals surface area contributed by atoms with Crippen LogP contribution >= 0.6 is 0 Å². The summed E-state index contributed by atoms with van der Waals surface area (Å²) < 4.78 is 42.3. The SMILES string of the molecule is CCCCCc1ccc(C2=Cc3cc(F)ccc3CC2)c(F)c1F. The first kappa shape index (κ1) is 16.8. The molecule has 0 nitrogen and oxygen atoms in total. The summed E-state index contributed by atoms with van der Waals surface area (Å²) >= 11 is 0. The van der Waals surface area contributed by atoms with E-state index in [4.69, 9.17) is 0 Å². The third-order valence-electron chi connectivity index (χ3n) is 4.66. The molecule has 0 radical (unpaired) electrons. The Morgan fingerprint density at radius 1 is 0.917 bits per heavy atom. The van der Waals surface area contributed by atoms with Crippen molar-refractivity contribution in [1.29, 1.82) is 0 Å². The van der Waals surface area contributed by atoms with Crippen LogP contribution in [-0.2, 0) is 12.8 Å². The van der Waals surface area contributed by atoms with Crippen molar-refractivity contribution in [3.05, 3.63) is 70.0 Å². The van der Waals surface area contributed by atoms with Crippen LogP contribution in [0.25, 0.3) is 11.6 Å². The minimum absolute atomic E-state index is 0.293. The standard InChI is InChI=1S/C21H21F3/c1-2-3-4-5-15-9-11-19(21(24)20(15)23)16-7-6-14-8-10-18(22)13-17(14)12-16/h8-13H,2-7H2,1H3. The van der Waals surface area contributed by atoms with E-state index < -0.39 is 11.6 Å². The van der Waals surface area contributed by atoms with Crippen LogP contribution in [0.1, 0.15) is 54.9 Å². The average molecular weight is 330 g/mol. The average Bonchev–Trinajstić information content (AvgIpc) is 2.58. The van der Waals surface area contributed by atoms with Crippen molar-refractivity contribution in [2.24, 2.45) is 0 Å². The first-order chi connectivity index (χ1) is 11.6. The number of halogens is 3. The molecule has 126 valence electrons. The van der Waals surface area contributed by atoms with Crippen LogP contribution < -0.4 is 0 Å². The number of hydrogen-bond acceptors (Lipinski definition) is 0. The number of aryl methyl sites for hydroxylation is 2. The van der Waals surface area contributed by atoms with Gasteiger partial charge in [-0.15, -0.1) is 0 Å². The van der Waals surface area contributed by atoms with E-state index in [9.17, 15) is 13.2 Å². The van der Waals surface area contributed by atoms with Crippen LogP contribution in [0.2, 0.25) is 0 Å². The Labute approximate surface area is 141 Å². The fourth-order valence-corrected chi connectivity index (χ4v) is 3.27. The first-order valence-corrected chi connectivity index (χ1v) is 8.56. The summed E-state index contributed by atoms with van der Waals surface area (Å²) in [6, 6.07) is 7.98. The summed E-state index contributed by atoms with van der Waals surface area (Å²) in [4.78, 5) is 0. The zero-order chi connectivity index (χ0) is 17.1. The highest BCUT2D eigenvalue weighted by Gasteiger charge is 2.19. The molecule has 0 amide bonds. The molecule has 0 N–H and O–H groups in total. The van der Waals surface area contributed by atoms with E-state index in [0.29, 0.717) is 30.4 Å². The van der Waals surface area contributed by atoms with E-state index in [2.05, 4.69) is 6.92 Å². The van der Waals surface area contributed by atoms with Gasteiger partial charge in [-0.2, -0.15) is 0 Å². The maximum atomic E-state index is 14.5. The van der Waals surface area contributed by atoms with Crippen LogP contribution in [0.15, 0.2) is 30.3 Å². The molecule has 0 atom stereocenters. The number of allylic oxidation sites excluding steroid dienone is 1. The molecular weight excluding hydrogens is 309 g/mol. The topological polar surface area (TPSA) is 0 Å². The van der Waals surface area contributed by atoms with Crippen LogP contribution in [0.4, 0.5) is 13.2 Å². The van der Waals surface area contributed by atoms with E-state index >= 15 is 0 Å². The molecule has 0 unspecified atom stereocenters. The van der Waals surface area contributed by atoms with Gasteiger partial charge in [-0.05, 0) is 60.1 Å². The van der Waals surface area contributed by atoms with Crippen molar-refractivity contribution < 1.29 is 13.2 Å². The number of unbranched alkanes of at least 4 members (excludes halogenated alkanes) is 2. The summed E-state index contributed by atoms with van der Waals surface area (Å²) in [6.45, 7) is 2.08. The maximum absolute atomic E-state index is 14.5. The molecule has 0 fully saturated rings. The molecule has 2 aromatic rings. The lowest BCUT2D eigenvalue weighted by Gasteiger charge is -2.18. The summed E-state index contributed by atoms with van der Waals surface area (Å²) in [7, 11) is 0. The van der Waals surface area contributed by atoms with Gasteiger partial charge in [0.2, 0.25) is 0 Å². The summed E-state index contributed by atoms with van der Waals surface area (Å²) in [6.07, 6.45) is 6.59. The van der Waals surface area contributed by atoms with Crippen molar-refractivity contribution in [3.8, 4) is 0 Å². The Balaban J connectivity index is 1.91. The Morgan fingerprint density at radius 3 is 2.54 bits per heavy atom. The second-order valence-electron chi connectivity index (χ2n) is 6.37. The highest BCUT2D eigenvalue weighted by Crippen LogP contribution is 2.33. The lowest BCUT2D eigenvalue weighted by Crippen LogP contribution is -2.04. The van der Waals surface area contributed by atoms with Gasteiger partial charge in [0.25, 0.3) is 0 Å². The Hall–Kier alpha value is -2.03. The van der Waals surface area contributed by atoms with Crippen molar-refractivity contribution in [1.82, 2.24) is 0 Å². The zero-order valence-electron chi connectivity index (χ0n) is 13.8. The minimum atomic E-state index is -0.782. The second kappa shape index (κ2) is 7.25. The molecule has 0 aliphatic heterocycles. The van der Waals surface area contributed by atoms with E-state index in [1.54, 1.807) is 24.3 Å². The fourth-order valence-electron chi connectivity index (χ4n) is 3.27. The molecule has 0 saturated heterocycles. The lowest BCUT2D eigenvalue weighted by atomic mass is 9.88. The lowest BCUT2D eigenvalue weighted by molar-refractivity contribution is 0.493. The molecule has 2 aromatic carbocycles. The van der Waals surface area contributed by atoms with Gasteiger partial charge in [-0.1, -0.05) is 44.0 Å². The van der Waals surface area contributed by atoms with Gasteiger partial charge >= 0.3 is 0 Å². The predicted octanol–water partition coefficient (Wildman–Crippen LogP) is 6.32. The minimum Gasteiger partial charge on any atom is -0.207 e. The van der Waals surface area contributed by atoms with Crippen molar-refractivity contribution >= 4 is 11.6 Å². The fraction of sp³-hybridized carbons (Fsp3) is 0.333. The molecule has 0 spiro atoms. The summed E-state index contributed by atoms with van der Waals surface area (Å²) in [5.41, 5.74) is 3.25. The number of fused-ring (bicyclic) bond motifs is 1. The Kier molecular flexibility index (Phi) is 5.08. The van der Waals surface area contributed by atoms with Gasteiger partial charge in [0, 0.05) is 5.56 Å². The number of benzene rings is 2. The van der Waals surface area contributed by atoms with Crippen molar-refractivity contribution in [2.45, 2.75) is 45.4 Å². The van der Waals surface area contributed by atoms with E-state index in [1.165, 1.54) is 12.1 Å². The zero-order valence-corrected chi connectivity index (χ0v) is 13.8. The molecule has 0 bridgehead atoms. The molecule has 1 aliphatic carbocycles. The van der Waals surface area contributed by atoms with Gasteiger partial charge in [0.05, 0.1) is 0 Å². The van der Waals surface area contributed by atoms with Crippen molar-refractivity contribution in [3.63, 3.8) is 0 Å². The number of hydrogen-bond donors (Lipinski definition) is 0. The van der Waals surface area contributed by atoms with Crippen LogP contribution in [0, 0.1) is 17.5 Å². The predicted molar refractivity (Wildman–Crippen MR) is 92.2 cm³/mol. The Morgan fingerprint density at radius 2 is 1.75 bits per heavy atom. The van der Waals surface area contributed by atoms with Gasteiger partial charge in [0.1, 0.15) is 5.82 Å². The number of rotatable bonds is 5. The maximum Gasteiger partial charge on any atom is 0.166 e. The quantitative estimate of drug-likeness (QED) is 0.562. The van der Waals surface area contributed by atoms with Crippen LogP contribution in [0.5, 0.6) is 0 Å². The third kappa shape index (κ3) is 3.40. The normalized spacial score (nSPS) is 13.6. The van der Waals surface area contributed by atoms with Gasteiger partial charge in [-0.25, -0.2) is 13.2 Å². The van der Waals surface area contributed by atoms with Crippen LogP contribution in [-0.4, -0.2) is 0 Å². The molecule has 0 aromatic heterocycles. The highest BCUT2D eigenvalue weighted by atomic mass is 19.2. The van der Waals surface area contributed by atoms with E-state index in [-0.39, 0.29) is 5.82 Å². The second-order valence-corrected chi connectivity index (χ2v) is 6.37. The summed E-state index contributed by atoms with van der Waals surface area (Å²) in [5.74, 6) is -1.84. The largest absolute Gasteiger partial charge is 0.207 e. The van der Waals surface area contributed by atoms with E-state index in [0.717, 1.165) is 36.0 Å². The van der Waals surface area contributed by atoms with Gasteiger partial charge < -0.3 is 0 Å². The summed E-state index contributed by atoms with van der Waals surface area (Å²) in [5, 5.41) is 0. The Bertz CT molecular complexity index is 775. The molecule has 0 heterocycles. The third-order valence-corrected chi connectivity index (χ3v) is 4.66. The molecular formula is C21H21F3. The van der Waals surface area contributed by atoms with Gasteiger partial charge in [0.15, 0.2) is 11.6 Å². The van der Waals surface area contributed by atoms with E-state index in [1.807, 2.05) is 0 Å². The molecule has 24 heavy (non-hydrogen) atoms. The molecule has 1 aliphatic rings. The van der Waals surface area contributed by atoms with Crippen LogP contribution in [0.3, 0.4) is 0 Å². The van der Waals surface area contributed by atoms with Crippen molar-refractivity contribution in [2.75, 3.05) is 0 Å². The molecule has 3 rings (SSSR count). The molecule has 0 saturated carbocycles. The monoisotopic (exact) mass is 330 g/mol.